The van der Waals surface area contributed by atoms with Crippen molar-refractivity contribution < 1.29 is 24.2 Å². The summed E-state index contributed by atoms with van der Waals surface area (Å²) in [5.74, 6) is -1.40. The Morgan fingerprint density at radius 1 is 0.721 bits per heavy atom. The summed E-state index contributed by atoms with van der Waals surface area (Å²) < 4.78 is 5.77. The van der Waals surface area contributed by atoms with Crippen molar-refractivity contribution in [3.8, 4) is 0 Å². The fraction of sp³-hybridized carbons (Fsp3) is 0.639. The highest BCUT2D eigenvalue weighted by Crippen LogP contribution is 2.14. The molecule has 0 aromatic rings. The number of nitrogens with two attached hydrogens (primary N) is 1. The maximum Gasteiger partial charge on any atom is 0.326 e. The number of nitrogens with one attached hydrogen (secondary N) is 1. The van der Waals surface area contributed by atoms with Crippen molar-refractivity contribution in [2.24, 2.45) is 5.73 Å². The molecule has 0 saturated heterocycles. The number of ether oxygens (including phenoxy) is 1. The summed E-state index contributed by atoms with van der Waals surface area (Å²) in [7, 11) is 0. The molecule has 0 aliphatic rings. The molecule has 0 aromatic heterocycles. The second-order valence-corrected chi connectivity index (χ2v) is 10.8. The standard InChI is InChI=1S/C36H60N2O5/c1-3-5-7-8-9-10-11-12-13-14-15-16-17-18-24-30-35(40)43-32(26-21-6-4-2)27-22-19-20-23-29-34(39)38-33(36(41)42)28-25-31-37/h5,7,9-10,12-13,15-16,21,26,32-33H,3-4,6,8,11,14,17-20,22-25,27-31,37H2,1-2H3,(H,38,39)(H,41,42)/b7-5-,10-9-,13-12-,16-15-,26-21-. The van der Waals surface area contributed by atoms with Gasteiger partial charge in [0.2, 0.25) is 5.91 Å². The molecular weight excluding hydrogens is 540 g/mol. The third-order valence-electron chi connectivity index (χ3n) is 6.78. The second kappa shape index (κ2) is 30.5. The predicted molar refractivity (Wildman–Crippen MR) is 179 cm³/mol. The number of esters is 1. The van der Waals surface area contributed by atoms with Crippen LogP contribution in [-0.4, -0.2) is 41.6 Å². The summed E-state index contributed by atoms with van der Waals surface area (Å²) in [6, 6.07) is -0.874. The number of amides is 1. The van der Waals surface area contributed by atoms with Gasteiger partial charge in [0.25, 0.3) is 0 Å². The molecule has 43 heavy (non-hydrogen) atoms. The van der Waals surface area contributed by atoms with E-state index >= 15 is 0 Å². The van der Waals surface area contributed by atoms with E-state index < -0.39 is 12.0 Å². The zero-order valence-corrected chi connectivity index (χ0v) is 27.0. The molecule has 0 spiro atoms. The highest BCUT2D eigenvalue weighted by Gasteiger charge is 2.18. The van der Waals surface area contributed by atoms with E-state index in [4.69, 9.17) is 10.5 Å². The van der Waals surface area contributed by atoms with Gasteiger partial charge < -0.3 is 20.9 Å². The van der Waals surface area contributed by atoms with Gasteiger partial charge in [0.05, 0.1) is 0 Å². The van der Waals surface area contributed by atoms with Crippen molar-refractivity contribution in [2.75, 3.05) is 6.54 Å². The van der Waals surface area contributed by atoms with Crippen molar-refractivity contribution in [1.29, 1.82) is 0 Å². The van der Waals surface area contributed by atoms with Crippen LogP contribution in [0.15, 0.2) is 60.8 Å². The van der Waals surface area contributed by atoms with Crippen LogP contribution in [0.25, 0.3) is 0 Å². The summed E-state index contributed by atoms with van der Waals surface area (Å²) in [5.41, 5.74) is 5.44. The number of unbranched alkanes of at least 4 members (excludes halogenated alkanes) is 6. The summed E-state index contributed by atoms with van der Waals surface area (Å²) in [5, 5.41) is 11.8. The average Bonchev–Trinajstić information content (AvgIpc) is 2.98. The molecule has 244 valence electrons. The molecule has 0 aromatic carbocycles. The van der Waals surface area contributed by atoms with E-state index in [1.165, 1.54) is 0 Å². The van der Waals surface area contributed by atoms with E-state index in [9.17, 15) is 19.5 Å². The Kier molecular flexibility index (Phi) is 28.4. The summed E-state index contributed by atoms with van der Waals surface area (Å²) in [6.45, 7) is 4.66. The van der Waals surface area contributed by atoms with E-state index in [0.717, 1.165) is 83.5 Å². The van der Waals surface area contributed by atoms with E-state index in [-0.39, 0.29) is 18.0 Å². The van der Waals surface area contributed by atoms with E-state index in [1.807, 2.05) is 6.08 Å². The first-order valence-corrected chi connectivity index (χ1v) is 16.6. The van der Waals surface area contributed by atoms with Gasteiger partial charge in [-0.1, -0.05) is 87.8 Å². The Morgan fingerprint density at radius 3 is 1.98 bits per heavy atom. The average molecular weight is 601 g/mol. The van der Waals surface area contributed by atoms with Crippen LogP contribution in [0, 0.1) is 0 Å². The van der Waals surface area contributed by atoms with Crippen LogP contribution in [0.1, 0.15) is 129 Å². The summed E-state index contributed by atoms with van der Waals surface area (Å²) >= 11 is 0. The highest BCUT2D eigenvalue weighted by atomic mass is 16.5. The predicted octanol–water partition coefficient (Wildman–Crippen LogP) is 8.27. The van der Waals surface area contributed by atoms with Crippen LogP contribution in [-0.2, 0) is 19.1 Å². The number of hydrogen-bond acceptors (Lipinski definition) is 5. The number of carbonyl (C=O) groups is 3. The molecule has 7 heteroatoms. The van der Waals surface area contributed by atoms with Crippen molar-refractivity contribution in [2.45, 2.75) is 142 Å². The Labute approximate surface area is 261 Å². The molecule has 0 rings (SSSR count). The molecule has 0 radical (unpaired) electrons. The molecule has 0 fully saturated rings. The van der Waals surface area contributed by atoms with Crippen molar-refractivity contribution in [1.82, 2.24) is 5.32 Å². The molecule has 0 aliphatic heterocycles. The SMILES string of the molecule is CC/C=C\C/C=C\C/C=C\C/C=C\CCCCC(=O)OC(/C=C\CCC)CCCCCCC(=O)NC(CCCN)C(=O)O. The van der Waals surface area contributed by atoms with Crippen LogP contribution in [0.2, 0.25) is 0 Å². The number of carboxylic acid groups (broad SMARTS) is 1. The van der Waals surface area contributed by atoms with E-state index in [2.05, 4.69) is 73.8 Å². The van der Waals surface area contributed by atoms with Gasteiger partial charge >= 0.3 is 11.9 Å². The van der Waals surface area contributed by atoms with Crippen LogP contribution >= 0.6 is 0 Å². The van der Waals surface area contributed by atoms with E-state index in [0.29, 0.717) is 38.6 Å². The summed E-state index contributed by atoms with van der Waals surface area (Å²) in [4.78, 5) is 35.8. The largest absolute Gasteiger partial charge is 0.480 e. The normalized spacial score (nSPS) is 13.6. The smallest absolute Gasteiger partial charge is 0.326 e. The number of carboxylic acids is 1. The first-order valence-electron chi connectivity index (χ1n) is 16.6. The number of hydrogen-bond donors (Lipinski definition) is 3. The zero-order chi connectivity index (χ0) is 31.8. The van der Waals surface area contributed by atoms with Crippen LogP contribution in [0.4, 0.5) is 0 Å². The second-order valence-electron chi connectivity index (χ2n) is 10.8. The highest BCUT2D eigenvalue weighted by molar-refractivity contribution is 5.83. The molecule has 7 nitrogen and oxygen atoms in total. The molecule has 2 unspecified atom stereocenters. The fourth-order valence-electron chi connectivity index (χ4n) is 4.30. The molecule has 2 atom stereocenters. The fourth-order valence-corrected chi connectivity index (χ4v) is 4.30. The van der Waals surface area contributed by atoms with Gasteiger partial charge in [0.1, 0.15) is 12.1 Å². The van der Waals surface area contributed by atoms with Gasteiger partial charge in [-0.3, -0.25) is 9.59 Å². The van der Waals surface area contributed by atoms with Gasteiger partial charge in [-0.15, -0.1) is 0 Å². The van der Waals surface area contributed by atoms with E-state index in [1.54, 1.807) is 0 Å². The molecule has 1 amide bonds. The Balaban J connectivity index is 4.15. The van der Waals surface area contributed by atoms with Gasteiger partial charge in [0.15, 0.2) is 0 Å². The van der Waals surface area contributed by atoms with Crippen LogP contribution in [0.3, 0.4) is 0 Å². The lowest BCUT2D eigenvalue weighted by Gasteiger charge is -2.15. The zero-order valence-electron chi connectivity index (χ0n) is 27.0. The minimum absolute atomic E-state index is 0.143. The van der Waals surface area contributed by atoms with Gasteiger partial charge in [-0.25, -0.2) is 4.79 Å². The maximum atomic E-state index is 12.4. The number of allylic oxidation sites excluding steroid dienone is 9. The Bertz CT molecular complexity index is 860. The molecule has 4 N–H and O–H groups in total. The molecule has 0 aliphatic carbocycles. The molecular formula is C36H60N2O5. The Hall–Kier alpha value is -2.93. The van der Waals surface area contributed by atoms with Crippen LogP contribution < -0.4 is 11.1 Å². The lowest BCUT2D eigenvalue weighted by molar-refractivity contribution is -0.147. The first kappa shape index (κ1) is 40.1. The van der Waals surface area contributed by atoms with Crippen molar-refractivity contribution >= 4 is 17.8 Å². The third kappa shape index (κ3) is 27.6. The van der Waals surface area contributed by atoms with Crippen molar-refractivity contribution in [3.05, 3.63) is 60.8 Å². The quantitative estimate of drug-likeness (QED) is 0.0472. The maximum absolute atomic E-state index is 12.4. The van der Waals surface area contributed by atoms with Crippen molar-refractivity contribution in [3.63, 3.8) is 0 Å². The minimum atomic E-state index is -1.02. The number of carbonyl (C=O) groups excluding carboxylic acids is 2. The topological polar surface area (TPSA) is 119 Å². The van der Waals surface area contributed by atoms with Crippen LogP contribution in [0.5, 0.6) is 0 Å². The van der Waals surface area contributed by atoms with Gasteiger partial charge in [0, 0.05) is 12.8 Å². The Morgan fingerprint density at radius 2 is 1.35 bits per heavy atom. The minimum Gasteiger partial charge on any atom is -0.480 e. The molecule has 0 heterocycles. The summed E-state index contributed by atoms with van der Waals surface area (Å²) in [6.07, 6.45) is 35.9. The van der Waals surface area contributed by atoms with Gasteiger partial charge in [-0.05, 0) is 96.1 Å². The van der Waals surface area contributed by atoms with Gasteiger partial charge in [-0.2, -0.15) is 0 Å². The monoisotopic (exact) mass is 600 g/mol. The molecule has 0 saturated carbocycles. The third-order valence-corrected chi connectivity index (χ3v) is 6.78. The number of rotatable bonds is 28. The first-order chi connectivity index (χ1) is 20.9. The lowest BCUT2D eigenvalue weighted by Crippen LogP contribution is -2.40. The molecule has 0 bridgehead atoms. The lowest BCUT2D eigenvalue weighted by atomic mass is 10.1. The number of aliphatic carboxylic acids is 1.